The van der Waals surface area contributed by atoms with Crippen LogP contribution in [0.5, 0.6) is 0 Å². The van der Waals surface area contributed by atoms with Crippen molar-refractivity contribution in [3.05, 3.63) is 57.0 Å². The van der Waals surface area contributed by atoms with E-state index in [1.807, 2.05) is 12.3 Å². The van der Waals surface area contributed by atoms with Gasteiger partial charge in [-0.2, -0.15) is 0 Å². The first-order valence-electron chi connectivity index (χ1n) is 6.24. The first kappa shape index (κ1) is 15.7. The molecule has 0 saturated heterocycles. The molecule has 6 heteroatoms. The summed E-state index contributed by atoms with van der Waals surface area (Å²) in [5.41, 5.74) is 1.60. The number of aryl methyl sites for hydroxylation is 2. The first-order valence-corrected chi connectivity index (χ1v) is 7.85. The number of rotatable bonds is 3. The van der Waals surface area contributed by atoms with Crippen molar-refractivity contribution < 1.29 is 4.79 Å². The molecule has 1 aromatic carbocycles. The van der Waals surface area contributed by atoms with Crippen molar-refractivity contribution in [1.82, 2.24) is 4.57 Å². The van der Waals surface area contributed by atoms with Gasteiger partial charge in [0.1, 0.15) is 0 Å². The van der Waals surface area contributed by atoms with Gasteiger partial charge in [-0.3, -0.25) is 9.59 Å². The lowest BCUT2D eigenvalue weighted by atomic mass is 10.2. The van der Waals surface area contributed by atoms with Crippen molar-refractivity contribution in [1.29, 1.82) is 0 Å². The Morgan fingerprint density at radius 1 is 1.33 bits per heavy atom. The summed E-state index contributed by atoms with van der Waals surface area (Å²) < 4.78 is 1.42. The molecule has 1 N–H and O–H groups in total. The molecular weight excluding hydrogens is 308 g/mol. The van der Waals surface area contributed by atoms with Gasteiger partial charge in [0.15, 0.2) is 0 Å². The number of halogens is 1. The van der Waals surface area contributed by atoms with E-state index >= 15 is 0 Å². The van der Waals surface area contributed by atoms with Gasteiger partial charge in [0.2, 0.25) is 0 Å². The maximum absolute atomic E-state index is 12.4. The standard InChI is InChI=1S/C15H15ClN2O2S/c1-9-6-14(19)18(2)8-13(9)17-15(20)11-7-10(21-3)4-5-12(11)16/h4-8H,1-3H3,(H,17,20). The lowest BCUT2D eigenvalue weighted by Gasteiger charge is -2.11. The Kier molecular flexibility index (Phi) is 4.75. The van der Waals surface area contributed by atoms with Crippen LogP contribution in [-0.4, -0.2) is 16.7 Å². The minimum absolute atomic E-state index is 0.118. The fourth-order valence-electron chi connectivity index (χ4n) is 1.85. The van der Waals surface area contributed by atoms with Gasteiger partial charge in [0.25, 0.3) is 11.5 Å². The maximum atomic E-state index is 12.4. The first-order chi connectivity index (χ1) is 9.92. The third kappa shape index (κ3) is 3.49. The summed E-state index contributed by atoms with van der Waals surface area (Å²) in [6.45, 7) is 1.77. The Labute approximate surface area is 132 Å². The zero-order valence-corrected chi connectivity index (χ0v) is 13.5. The third-order valence-corrected chi connectivity index (χ3v) is 4.16. The number of aromatic nitrogens is 1. The van der Waals surface area contributed by atoms with Crippen LogP contribution in [0.1, 0.15) is 15.9 Å². The molecule has 0 saturated carbocycles. The van der Waals surface area contributed by atoms with E-state index in [-0.39, 0.29) is 11.5 Å². The molecule has 0 aliphatic rings. The second-order valence-corrected chi connectivity index (χ2v) is 5.91. The molecular formula is C15H15ClN2O2S. The lowest BCUT2D eigenvalue weighted by molar-refractivity contribution is 0.102. The highest BCUT2D eigenvalue weighted by Crippen LogP contribution is 2.24. The average molecular weight is 323 g/mol. The molecule has 4 nitrogen and oxygen atoms in total. The molecule has 0 aliphatic carbocycles. The Bertz CT molecular complexity index is 756. The van der Waals surface area contributed by atoms with Crippen LogP contribution in [0.15, 0.2) is 40.2 Å². The summed E-state index contributed by atoms with van der Waals surface area (Å²) >= 11 is 7.62. The molecule has 0 spiro atoms. The smallest absolute Gasteiger partial charge is 0.257 e. The Balaban J connectivity index is 2.34. The van der Waals surface area contributed by atoms with E-state index in [9.17, 15) is 9.59 Å². The largest absolute Gasteiger partial charge is 0.320 e. The SMILES string of the molecule is CSc1ccc(Cl)c(C(=O)Nc2cn(C)c(=O)cc2C)c1. The van der Waals surface area contributed by atoms with Gasteiger partial charge in [-0.25, -0.2) is 0 Å². The molecule has 0 bridgehead atoms. The van der Waals surface area contributed by atoms with Gasteiger partial charge in [-0.15, -0.1) is 11.8 Å². The summed E-state index contributed by atoms with van der Waals surface area (Å²) in [7, 11) is 1.64. The quantitative estimate of drug-likeness (QED) is 0.882. The number of nitrogens with zero attached hydrogens (tertiary/aromatic N) is 1. The van der Waals surface area contributed by atoms with Crippen LogP contribution in [0.4, 0.5) is 5.69 Å². The summed E-state index contributed by atoms with van der Waals surface area (Å²) in [5, 5.41) is 3.19. The second-order valence-electron chi connectivity index (χ2n) is 4.62. The van der Waals surface area contributed by atoms with E-state index in [2.05, 4.69) is 5.32 Å². The summed E-state index contributed by atoms with van der Waals surface area (Å²) in [6.07, 6.45) is 3.53. The third-order valence-electron chi connectivity index (χ3n) is 3.10. The fraction of sp³-hybridized carbons (Fsp3) is 0.200. The van der Waals surface area contributed by atoms with Gasteiger partial charge < -0.3 is 9.88 Å². The Hall–Kier alpha value is -1.72. The topological polar surface area (TPSA) is 51.1 Å². The number of pyridine rings is 1. The summed E-state index contributed by atoms with van der Waals surface area (Å²) in [4.78, 5) is 24.8. The van der Waals surface area contributed by atoms with E-state index in [4.69, 9.17) is 11.6 Å². The van der Waals surface area contributed by atoms with Crippen molar-refractivity contribution in [3.8, 4) is 0 Å². The van der Waals surface area contributed by atoms with Gasteiger partial charge in [0.05, 0.1) is 16.3 Å². The van der Waals surface area contributed by atoms with E-state index in [0.717, 1.165) is 4.90 Å². The number of carbonyl (C=O) groups excluding carboxylic acids is 1. The number of hydrogen-bond acceptors (Lipinski definition) is 3. The van der Waals surface area contributed by atoms with E-state index < -0.39 is 0 Å². The molecule has 21 heavy (non-hydrogen) atoms. The number of thioether (sulfide) groups is 1. The van der Waals surface area contributed by atoms with E-state index in [1.165, 1.54) is 22.4 Å². The fourth-order valence-corrected chi connectivity index (χ4v) is 2.49. The normalized spacial score (nSPS) is 10.5. The maximum Gasteiger partial charge on any atom is 0.257 e. The minimum Gasteiger partial charge on any atom is -0.320 e. The number of anilines is 1. The van der Waals surface area contributed by atoms with Crippen LogP contribution in [-0.2, 0) is 7.05 Å². The molecule has 110 valence electrons. The molecule has 0 fully saturated rings. The molecule has 1 amide bonds. The molecule has 0 radical (unpaired) electrons. The van der Waals surface area contributed by atoms with Gasteiger partial charge in [-0.05, 0) is 36.9 Å². The number of amides is 1. The molecule has 1 heterocycles. The van der Waals surface area contributed by atoms with Crippen molar-refractivity contribution in [2.45, 2.75) is 11.8 Å². The lowest BCUT2D eigenvalue weighted by Crippen LogP contribution is -2.19. The molecule has 0 aliphatic heterocycles. The second kappa shape index (κ2) is 6.37. The zero-order valence-electron chi connectivity index (χ0n) is 11.9. The highest BCUT2D eigenvalue weighted by Gasteiger charge is 2.13. The predicted molar refractivity (Wildman–Crippen MR) is 87.6 cm³/mol. The van der Waals surface area contributed by atoms with Gasteiger partial charge in [-0.1, -0.05) is 11.6 Å². The van der Waals surface area contributed by atoms with Crippen molar-refractivity contribution in [2.24, 2.45) is 7.05 Å². The van der Waals surface area contributed by atoms with Crippen LogP contribution >= 0.6 is 23.4 Å². The minimum atomic E-state index is -0.294. The monoisotopic (exact) mass is 322 g/mol. The van der Waals surface area contributed by atoms with Crippen molar-refractivity contribution in [3.63, 3.8) is 0 Å². The van der Waals surface area contributed by atoms with Crippen LogP contribution in [0.2, 0.25) is 5.02 Å². The Morgan fingerprint density at radius 2 is 2.05 bits per heavy atom. The van der Waals surface area contributed by atoms with Crippen LogP contribution in [0, 0.1) is 6.92 Å². The van der Waals surface area contributed by atoms with Crippen LogP contribution < -0.4 is 10.9 Å². The molecule has 2 aromatic rings. The predicted octanol–water partition coefficient (Wildman–Crippen LogP) is 3.32. The van der Waals surface area contributed by atoms with E-state index in [0.29, 0.717) is 21.8 Å². The van der Waals surface area contributed by atoms with Crippen LogP contribution in [0.3, 0.4) is 0 Å². The highest BCUT2D eigenvalue weighted by molar-refractivity contribution is 7.98. The summed E-state index contributed by atoms with van der Waals surface area (Å²) in [6, 6.07) is 6.80. The average Bonchev–Trinajstić information content (AvgIpc) is 2.45. The zero-order chi connectivity index (χ0) is 15.6. The van der Waals surface area contributed by atoms with Crippen molar-refractivity contribution >= 4 is 35.0 Å². The molecule has 0 unspecified atom stereocenters. The molecule has 0 atom stereocenters. The van der Waals surface area contributed by atoms with Crippen LogP contribution in [0.25, 0.3) is 0 Å². The van der Waals surface area contributed by atoms with Gasteiger partial charge >= 0.3 is 0 Å². The Morgan fingerprint density at radius 3 is 2.71 bits per heavy atom. The van der Waals surface area contributed by atoms with Gasteiger partial charge in [0, 0.05) is 24.2 Å². The highest BCUT2D eigenvalue weighted by atomic mass is 35.5. The molecule has 1 aromatic heterocycles. The molecule has 2 rings (SSSR count). The number of carbonyl (C=O) groups is 1. The van der Waals surface area contributed by atoms with E-state index in [1.54, 1.807) is 32.3 Å². The number of benzene rings is 1. The van der Waals surface area contributed by atoms with Crippen molar-refractivity contribution in [2.75, 3.05) is 11.6 Å². The summed E-state index contributed by atoms with van der Waals surface area (Å²) in [5.74, 6) is -0.294. The number of hydrogen-bond donors (Lipinski definition) is 1. The number of nitrogens with one attached hydrogen (secondary N) is 1.